The van der Waals surface area contributed by atoms with Gasteiger partial charge in [0, 0.05) is 17.2 Å². The van der Waals surface area contributed by atoms with E-state index in [-0.39, 0.29) is 20.8 Å². The van der Waals surface area contributed by atoms with E-state index in [0.717, 1.165) is 34.8 Å². The summed E-state index contributed by atoms with van der Waals surface area (Å²) >= 11 is 18.0. The fourth-order valence-corrected chi connectivity index (χ4v) is 4.35. The zero-order valence-electron chi connectivity index (χ0n) is 13.6. The van der Waals surface area contributed by atoms with E-state index in [1.54, 1.807) is 7.11 Å². The van der Waals surface area contributed by atoms with Crippen molar-refractivity contribution in [3.8, 4) is 5.75 Å². The fraction of sp³-hybridized carbons (Fsp3) is 0.500. The first-order valence-corrected chi connectivity index (χ1v) is 11.8. The SMILES string of the molecule is COc1ccc(CNC(=O)C(Br)CCBr)cc1.O=C(Cl)C(Br)CCBr. The van der Waals surface area contributed by atoms with Crippen LogP contribution >= 0.6 is 75.3 Å². The molecular weight excluding hydrogens is 609 g/mol. The molecule has 1 amide bonds. The Balaban J connectivity index is 0.000000609. The van der Waals surface area contributed by atoms with Crippen LogP contribution in [0.25, 0.3) is 0 Å². The average Bonchev–Trinajstić information content (AvgIpc) is 2.61. The second kappa shape index (κ2) is 15.4. The zero-order chi connectivity index (χ0) is 19.2. The number of ether oxygens (including phenoxy) is 1. The Bertz CT molecular complexity index is 517. The fourth-order valence-electron chi connectivity index (χ4n) is 1.48. The number of nitrogens with one attached hydrogen (secondary N) is 1. The number of rotatable bonds is 9. The number of amides is 1. The highest BCUT2D eigenvalue weighted by Gasteiger charge is 2.13. The average molecular weight is 629 g/mol. The lowest BCUT2D eigenvalue weighted by molar-refractivity contribution is -0.120. The van der Waals surface area contributed by atoms with Gasteiger partial charge in [-0.05, 0) is 42.1 Å². The molecule has 0 aliphatic rings. The number of hydrogen-bond donors (Lipinski definition) is 1. The van der Waals surface area contributed by atoms with Crippen molar-refractivity contribution in [2.45, 2.75) is 29.0 Å². The maximum absolute atomic E-state index is 11.6. The summed E-state index contributed by atoms with van der Waals surface area (Å²) in [6, 6.07) is 7.64. The lowest BCUT2D eigenvalue weighted by atomic mass is 10.2. The molecule has 2 atom stereocenters. The van der Waals surface area contributed by atoms with Gasteiger partial charge in [0.25, 0.3) is 0 Å². The summed E-state index contributed by atoms with van der Waals surface area (Å²) in [6.45, 7) is 0.535. The molecule has 1 aromatic carbocycles. The van der Waals surface area contributed by atoms with E-state index in [1.807, 2.05) is 24.3 Å². The molecule has 1 N–H and O–H groups in total. The molecule has 1 rings (SSSR count). The van der Waals surface area contributed by atoms with Crippen molar-refractivity contribution in [3.05, 3.63) is 29.8 Å². The molecule has 9 heteroatoms. The molecule has 25 heavy (non-hydrogen) atoms. The lowest BCUT2D eigenvalue weighted by Crippen LogP contribution is -2.30. The standard InChI is InChI=1S/C12H15Br2NO2.C4H5Br2ClO/c1-17-10-4-2-9(3-5-10)8-15-12(16)11(14)6-7-13;5-2-1-3(6)4(7)8/h2-5,11H,6-8H2,1H3,(H,15,16);3H,1-2H2. The van der Waals surface area contributed by atoms with Crippen LogP contribution in [-0.4, -0.2) is 38.6 Å². The highest BCUT2D eigenvalue weighted by atomic mass is 79.9. The van der Waals surface area contributed by atoms with Crippen molar-refractivity contribution in [2.24, 2.45) is 0 Å². The second-order valence-corrected chi connectivity index (χ2v) is 8.93. The number of carbonyl (C=O) groups is 2. The van der Waals surface area contributed by atoms with E-state index < -0.39 is 0 Å². The molecule has 0 aromatic heterocycles. The predicted octanol–water partition coefficient (Wildman–Crippen LogP) is 5.16. The smallest absolute Gasteiger partial charge is 0.235 e. The molecule has 142 valence electrons. The normalized spacial score (nSPS) is 12.4. The maximum Gasteiger partial charge on any atom is 0.235 e. The van der Waals surface area contributed by atoms with E-state index in [2.05, 4.69) is 69.0 Å². The van der Waals surface area contributed by atoms with Crippen molar-refractivity contribution in [1.29, 1.82) is 0 Å². The summed E-state index contributed by atoms with van der Waals surface area (Å²) in [5.41, 5.74) is 1.05. The third kappa shape index (κ3) is 12.4. The minimum atomic E-state index is -0.329. The number of halogens is 5. The summed E-state index contributed by atoms with van der Waals surface area (Å²) in [5, 5.41) is 4.14. The van der Waals surface area contributed by atoms with Gasteiger partial charge in [0.1, 0.15) is 5.75 Å². The Hall–Kier alpha value is 0.370. The Morgan fingerprint density at radius 3 is 2.00 bits per heavy atom. The van der Waals surface area contributed by atoms with Crippen LogP contribution < -0.4 is 10.1 Å². The van der Waals surface area contributed by atoms with Crippen molar-refractivity contribution in [1.82, 2.24) is 5.32 Å². The Morgan fingerprint density at radius 1 is 1.08 bits per heavy atom. The lowest BCUT2D eigenvalue weighted by Gasteiger charge is -2.09. The monoisotopic (exact) mass is 625 g/mol. The van der Waals surface area contributed by atoms with Gasteiger partial charge >= 0.3 is 0 Å². The van der Waals surface area contributed by atoms with Gasteiger partial charge in [-0.3, -0.25) is 9.59 Å². The topological polar surface area (TPSA) is 55.4 Å². The molecule has 0 saturated carbocycles. The van der Waals surface area contributed by atoms with Crippen LogP contribution in [0.15, 0.2) is 24.3 Å². The van der Waals surface area contributed by atoms with Crippen LogP contribution in [-0.2, 0) is 16.1 Å². The van der Waals surface area contributed by atoms with Gasteiger partial charge < -0.3 is 10.1 Å². The molecule has 0 saturated heterocycles. The summed E-state index contributed by atoms with van der Waals surface area (Å²) in [5.74, 6) is 0.831. The van der Waals surface area contributed by atoms with E-state index in [9.17, 15) is 9.59 Å². The highest BCUT2D eigenvalue weighted by molar-refractivity contribution is 9.10. The molecular formula is C16H20Br4ClNO3. The zero-order valence-corrected chi connectivity index (χ0v) is 20.7. The number of benzene rings is 1. The number of alkyl halides is 4. The largest absolute Gasteiger partial charge is 0.497 e. The molecule has 0 aliphatic heterocycles. The first-order valence-electron chi connectivity index (χ1n) is 7.35. The molecule has 1 aromatic rings. The first kappa shape index (κ1) is 25.4. The van der Waals surface area contributed by atoms with Crippen LogP contribution in [0.4, 0.5) is 0 Å². The number of hydrogen-bond acceptors (Lipinski definition) is 3. The van der Waals surface area contributed by atoms with Gasteiger partial charge in [-0.25, -0.2) is 0 Å². The quantitative estimate of drug-likeness (QED) is 0.304. The molecule has 0 aliphatic carbocycles. The van der Waals surface area contributed by atoms with Crippen LogP contribution in [0.2, 0.25) is 0 Å². The van der Waals surface area contributed by atoms with E-state index in [4.69, 9.17) is 16.3 Å². The predicted molar refractivity (Wildman–Crippen MR) is 118 cm³/mol. The van der Waals surface area contributed by atoms with Crippen LogP contribution in [0.1, 0.15) is 18.4 Å². The number of carbonyl (C=O) groups excluding carboxylic acids is 2. The van der Waals surface area contributed by atoms with Crippen molar-refractivity contribution >= 4 is 86.5 Å². The molecule has 0 radical (unpaired) electrons. The maximum atomic E-state index is 11.6. The van der Waals surface area contributed by atoms with Gasteiger partial charge in [0.15, 0.2) is 0 Å². The van der Waals surface area contributed by atoms with Gasteiger partial charge in [-0.15, -0.1) is 0 Å². The third-order valence-corrected chi connectivity index (χ3v) is 6.07. The van der Waals surface area contributed by atoms with Gasteiger partial charge in [-0.1, -0.05) is 75.9 Å². The molecule has 0 spiro atoms. The van der Waals surface area contributed by atoms with Gasteiger partial charge in [0.2, 0.25) is 11.1 Å². The first-order chi connectivity index (χ1) is 11.8. The second-order valence-electron chi connectivity index (χ2n) is 4.76. The van der Waals surface area contributed by atoms with Crippen molar-refractivity contribution in [3.63, 3.8) is 0 Å². The molecule has 0 fully saturated rings. The summed E-state index contributed by atoms with van der Waals surface area (Å²) < 4.78 is 5.06. The molecule has 2 unspecified atom stereocenters. The van der Waals surface area contributed by atoms with Crippen molar-refractivity contribution < 1.29 is 14.3 Å². The summed E-state index contributed by atoms with van der Waals surface area (Å²) in [4.78, 5) is 21.5. The molecule has 0 heterocycles. The van der Waals surface area contributed by atoms with Crippen LogP contribution in [0.3, 0.4) is 0 Å². The van der Waals surface area contributed by atoms with Crippen LogP contribution in [0.5, 0.6) is 5.75 Å². The molecule has 0 bridgehead atoms. The highest BCUT2D eigenvalue weighted by Crippen LogP contribution is 2.12. The Labute approximate surface area is 187 Å². The van der Waals surface area contributed by atoms with Crippen molar-refractivity contribution in [2.75, 3.05) is 17.8 Å². The summed E-state index contributed by atoms with van der Waals surface area (Å²) in [6.07, 6.45) is 1.51. The molecule has 4 nitrogen and oxygen atoms in total. The minimum absolute atomic E-state index is 0.0141. The third-order valence-electron chi connectivity index (χ3n) is 2.88. The number of methoxy groups -OCH3 is 1. The van der Waals surface area contributed by atoms with E-state index in [1.165, 1.54) is 0 Å². The van der Waals surface area contributed by atoms with Gasteiger partial charge in [0.05, 0.1) is 16.8 Å². The van der Waals surface area contributed by atoms with Gasteiger partial charge in [-0.2, -0.15) is 0 Å². The Morgan fingerprint density at radius 2 is 1.60 bits per heavy atom. The van der Waals surface area contributed by atoms with E-state index >= 15 is 0 Å². The minimum Gasteiger partial charge on any atom is -0.497 e. The Kier molecular flexibility index (Phi) is 15.7. The summed E-state index contributed by atoms with van der Waals surface area (Å²) in [7, 11) is 1.63. The van der Waals surface area contributed by atoms with E-state index in [0.29, 0.717) is 6.54 Å². The van der Waals surface area contributed by atoms with Crippen LogP contribution in [0, 0.1) is 0 Å².